The molecule has 0 bridgehead atoms. The predicted molar refractivity (Wildman–Crippen MR) is 124 cm³/mol. The van der Waals surface area contributed by atoms with Gasteiger partial charge in [-0.15, -0.1) is 0 Å². The van der Waals surface area contributed by atoms with Gasteiger partial charge in [-0.3, -0.25) is 9.59 Å². The van der Waals surface area contributed by atoms with Crippen molar-refractivity contribution >= 4 is 46.6 Å². The van der Waals surface area contributed by atoms with Crippen molar-refractivity contribution in [2.75, 3.05) is 0 Å². The number of hydrogen-bond acceptors (Lipinski definition) is 2. The normalized spacial score (nSPS) is 12.9. The summed E-state index contributed by atoms with van der Waals surface area (Å²) in [6, 6.07) is 11.8. The van der Waals surface area contributed by atoms with E-state index in [-0.39, 0.29) is 30.8 Å². The zero-order valence-electron chi connectivity index (χ0n) is 17.4. The quantitative estimate of drug-likeness (QED) is 0.496. The molecule has 0 radical (unpaired) electrons. The summed E-state index contributed by atoms with van der Waals surface area (Å²) in [5.74, 6) is -0.423. The van der Waals surface area contributed by atoms with Crippen LogP contribution in [0, 0.1) is 0 Å². The molecule has 2 aromatic rings. The molecular formula is C23H27Cl3N2O2. The molecule has 1 N–H and O–H groups in total. The number of carbonyl (C=O) groups excluding carboxylic acids is 2. The number of nitrogens with zero attached hydrogens (tertiary/aromatic N) is 1. The van der Waals surface area contributed by atoms with E-state index in [9.17, 15) is 9.59 Å². The molecule has 0 aliphatic heterocycles. The molecule has 2 rings (SSSR count). The maximum atomic E-state index is 13.4. The fourth-order valence-corrected chi connectivity index (χ4v) is 3.85. The van der Waals surface area contributed by atoms with Gasteiger partial charge >= 0.3 is 0 Å². The molecule has 2 aromatic carbocycles. The Hall–Kier alpha value is -1.75. The highest BCUT2D eigenvalue weighted by Crippen LogP contribution is 2.27. The van der Waals surface area contributed by atoms with Crippen LogP contribution in [0.4, 0.5) is 0 Å². The van der Waals surface area contributed by atoms with Crippen LogP contribution in [-0.4, -0.2) is 28.8 Å². The van der Waals surface area contributed by atoms with Gasteiger partial charge in [0, 0.05) is 27.7 Å². The van der Waals surface area contributed by atoms with Crippen molar-refractivity contribution < 1.29 is 9.59 Å². The highest BCUT2D eigenvalue weighted by Gasteiger charge is 2.30. The SMILES string of the molecule is CCC(C)NC(=O)C(CC)N(Cc1ccccc1Cl)C(=O)Cc1c(Cl)cccc1Cl. The lowest BCUT2D eigenvalue weighted by Crippen LogP contribution is -2.51. The molecule has 7 heteroatoms. The zero-order valence-corrected chi connectivity index (χ0v) is 19.7. The van der Waals surface area contributed by atoms with E-state index in [1.165, 1.54) is 0 Å². The van der Waals surface area contributed by atoms with Gasteiger partial charge < -0.3 is 10.2 Å². The Labute approximate surface area is 193 Å². The Morgan fingerprint density at radius 1 is 0.933 bits per heavy atom. The number of rotatable bonds is 9. The lowest BCUT2D eigenvalue weighted by Gasteiger charge is -2.32. The summed E-state index contributed by atoms with van der Waals surface area (Å²) in [4.78, 5) is 27.9. The number of nitrogens with one attached hydrogen (secondary N) is 1. The number of carbonyl (C=O) groups is 2. The molecule has 0 spiro atoms. The standard InChI is InChI=1S/C23H27Cl3N2O2/c1-4-15(3)27-23(30)21(5-2)28(14-16-9-6-7-10-18(16)24)22(29)13-17-19(25)11-8-12-20(17)26/h6-12,15,21H,4-5,13-14H2,1-3H3,(H,27,30). The van der Waals surface area contributed by atoms with Crippen molar-refractivity contribution in [1.29, 1.82) is 0 Å². The minimum Gasteiger partial charge on any atom is -0.352 e. The van der Waals surface area contributed by atoms with Crippen molar-refractivity contribution in [3.8, 4) is 0 Å². The Morgan fingerprint density at radius 2 is 1.53 bits per heavy atom. The van der Waals surface area contributed by atoms with Gasteiger partial charge in [0.15, 0.2) is 0 Å². The molecule has 0 fully saturated rings. The lowest BCUT2D eigenvalue weighted by atomic mass is 10.1. The number of halogens is 3. The second kappa shape index (κ2) is 11.6. The average molecular weight is 470 g/mol. The van der Waals surface area contributed by atoms with Crippen LogP contribution >= 0.6 is 34.8 Å². The topological polar surface area (TPSA) is 49.4 Å². The smallest absolute Gasteiger partial charge is 0.243 e. The van der Waals surface area contributed by atoms with E-state index in [4.69, 9.17) is 34.8 Å². The third-order valence-corrected chi connectivity index (χ3v) is 6.15. The molecule has 2 amide bonds. The maximum absolute atomic E-state index is 13.4. The molecule has 0 aliphatic carbocycles. The van der Waals surface area contributed by atoms with Crippen molar-refractivity contribution in [2.24, 2.45) is 0 Å². The first kappa shape index (κ1) is 24.5. The van der Waals surface area contributed by atoms with Crippen molar-refractivity contribution in [3.63, 3.8) is 0 Å². The Morgan fingerprint density at radius 3 is 2.10 bits per heavy atom. The van der Waals surface area contributed by atoms with Crippen LogP contribution in [0.2, 0.25) is 15.1 Å². The third kappa shape index (κ3) is 6.37. The van der Waals surface area contributed by atoms with Crippen molar-refractivity contribution in [3.05, 3.63) is 68.7 Å². The second-order valence-electron chi connectivity index (χ2n) is 7.23. The largest absolute Gasteiger partial charge is 0.352 e. The monoisotopic (exact) mass is 468 g/mol. The minimum atomic E-state index is -0.635. The van der Waals surface area contributed by atoms with E-state index in [2.05, 4.69) is 5.32 Å². The van der Waals surface area contributed by atoms with Crippen LogP contribution in [0.5, 0.6) is 0 Å². The van der Waals surface area contributed by atoms with E-state index in [1.54, 1.807) is 29.2 Å². The van der Waals surface area contributed by atoms with Crippen LogP contribution in [0.3, 0.4) is 0 Å². The average Bonchev–Trinajstić information content (AvgIpc) is 2.71. The Bertz CT molecular complexity index is 868. The second-order valence-corrected chi connectivity index (χ2v) is 8.45. The van der Waals surface area contributed by atoms with Gasteiger partial charge in [0.2, 0.25) is 11.8 Å². The molecule has 2 atom stereocenters. The molecule has 0 saturated heterocycles. The highest BCUT2D eigenvalue weighted by molar-refractivity contribution is 6.36. The van der Waals surface area contributed by atoms with Gasteiger partial charge in [0.25, 0.3) is 0 Å². The van der Waals surface area contributed by atoms with E-state index in [1.807, 2.05) is 39.0 Å². The first-order valence-corrected chi connectivity index (χ1v) is 11.2. The Balaban J connectivity index is 2.37. The van der Waals surface area contributed by atoms with E-state index < -0.39 is 6.04 Å². The van der Waals surface area contributed by atoms with Crippen LogP contribution in [-0.2, 0) is 22.6 Å². The Kier molecular flexibility index (Phi) is 9.47. The summed E-state index contributed by atoms with van der Waals surface area (Å²) in [6.45, 7) is 6.04. The summed E-state index contributed by atoms with van der Waals surface area (Å²) >= 11 is 18.9. The summed E-state index contributed by atoms with van der Waals surface area (Å²) in [7, 11) is 0. The van der Waals surface area contributed by atoms with Gasteiger partial charge in [0.05, 0.1) is 6.42 Å². The fourth-order valence-electron chi connectivity index (χ4n) is 3.12. The number of amides is 2. The molecule has 0 saturated carbocycles. The van der Waals surface area contributed by atoms with Gasteiger partial charge in [-0.25, -0.2) is 0 Å². The minimum absolute atomic E-state index is 0.00390. The number of benzene rings is 2. The van der Waals surface area contributed by atoms with Crippen molar-refractivity contribution in [1.82, 2.24) is 10.2 Å². The molecule has 0 aromatic heterocycles. The maximum Gasteiger partial charge on any atom is 0.243 e. The van der Waals surface area contributed by atoms with Crippen molar-refractivity contribution in [2.45, 2.75) is 58.7 Å². The van der Waals surface area contributed by atoms with Crippen LogP contribution < -0.4 is 5.32 Å². The van der Waals surface area contributed by atoms with Crippen LogP contribution in [0.15, 0.2) is 42.5 Å². The van der Waals surface area contributed by atoms with Crippen LogP contribution in [0.1, 0.15) is 44.7 Å². The molecule has 0 aliphatic rings. The molecule has 2 unspecified atom stereocenters. The van der Waals surface area contributed by atoms with Crippen LogP contribution in [0.25, 0.3) is 0 Å². The molecule has 162 valence electrons. The van der Waals surface area contributed by atoms with Gasteiger partial charge in [0.1, 0.15) is 6.04 Å². The summed E-state index contributed by atoms with van der Waals surface area (Å²) in [6.07, 6.45) is 1.26. The fraction of sp³-hybridized carbons (Fsp3) is 0.391. The zero-order chi connectivity index (χ0) is 22.3. The van der Waals surface area contributed by atoms with E-state index >= 15 is 0 Å². The molecule has 0 heterocycles. The summed E-state index contributed by atoms with van der Waals surface area (Å²) < 4.78 is 0. The summed E-state index contributed by atoms with van der Waals surface area (Å²) in [5.41, 5.74) is 1.32. The highest BCUT2D eigenvalue weighted by atomic mass is 35.5. The molecule has 4 nitrogen and oxygen atoms in total. The van der Waals surface area contributed by atoms with Gasteiger partial charge in [-0.2, -0.15) is 0 Å². The van der Waals surface area contributed by atoms with Gasteiger partial charge in [-0.05, 0) is 49.1 Å². The van der Waals surface area contributed by atoms with E-state index in [0.717, 1.165) is 12.0 Å². The summed E-state index contributed by atoms with van der Waals surface area (Å²) in [5, 5.41) is 4.37. The molecule has 30 heavy (non-hydrogen) atoms. The van der Waals surface area contributed by atoms with Gasteiger partial charge in [-0.1, -0.05) is 72.9 Å². The van der Waals surface area contributed by atoms with E-state index in [0.29, 0.717) is 27.1 Å². The first-order chi connectivity index (χ1) is 14.3. The third-order valence-electron chi connectivity index (χ3n) is 5.08. The lowest BCUT2D eigenvalue weighted by molar-refractivity contribution is -0.141. The molecular weight excluding hydrogens is 443 g/mol. The number of hydrogen-bond donors (Lipinski definition) is 1. The predicted octanol–water partition coefficient (Wildman–Crippen LogP) is 5.91. The first-order valence-electron chi connectivity index (χ1n) is 10.0.